The molecule has 0 bridgehead atoms. The molecule has 0 radical (unpaired) electrons. The molecule has 1 fully saturated rings. The summed E-state index contributed by atoms with van der Waals surface area (Å²) in [5.74, 6) is 0.0248. The van der Waals surface area contributed by atoms with Crippen molar-refractivity contribution >= 4 is 17.5 Å². The zero-order valence-corrected chi connectivity index (χ0v) is 18.2. The number of rotatable bonds is 7. The van der Waals surface area contributed by atoms with Crippen molar-refractivity contribution in [3.05, 3.63) is 89.7 Å². The molecule has 2 aromatic carbocycles. The van der Waals surface area contributed by atoms with E-state index in [4.69, 9.17) is 9.47 Å². The quantitative estimate of drug-likeness (QED) is 0.578. The predicted molar refractivity (Wildman–Crippen MR) is 122 cm³/mol. The predicted octanol–water partition coefficient (Wildman–Crippen LogP) is 2.80. The van der Waals surface area contributed by atoms with Gasteiger partial charge in [-0.3, -0.25) is 14.6 Å². The van der Waals surface area contributed by atoms with Crippen LogP contribution in [0.5, 0.6) is 5.75 Å². The van der Waals surface area contributed by atoms with Gasteiger partial charge < -0.3 is 24.8 Å². The summed E-state index contributed by atoms with van der Waals surface area (Å²) in [4.78, 5) is 30.9. The second kappa shape index (κ2) is 10.2. The van der Waals surface area contributed by atoms with E-state index in [9.17, 15) is 14.7 Å². The van der Waals surface area contributed by atoms with Gasteiger partial charge in [0.1, 0.15) is 18.5 Å². The van der Waals surface area contributed by atoms with E-state index in [0.29, 0.717) is 23.5 Å². The number of pyridine rings is 1. The van der Waals surface area contributed by atoms with Gasteiger partial charge in [-0.25, -0.2) is 0 Å². The second-order valence-electron chi connectivity index (χ2n) is 7.64. The van der Waals surface area contributed by atoms with Crippen LogP contribution in [0.4, 0.5) is 5.69 Å². The van der Waals surface area contributed by atoms with E-state index in [-0.39, 0.29) is 25.0 Å². The number of amides is 2. The Morgan fingerprint density at radius 1 is 1.18 bits per heavy atom. The average molecular weight is 447 g/mol. The lowest BCUT2D eigenvalue weighted by atomic mass is 9.98. The van der Waals surface area contributed by atoms with Crippen LogP contribution in [0.1, 0.15) is 27.6 Å². The van der Waals surface area contributed by atoms with E-state index in [1.165, 1.54) is 7.11 Å². The number of hydrogen-bond acceptors (Lipinski definition) is 6. The first kappa shape index (κ1) is 22.4. The zero-order valence-electron chi connectivity index (χ0n) is 18.2. The molecular formula is C25H25N3O5. The Bertz CT molecular complexity index is 1100. The molecule has 2 atom stereocenters. The van der Waals surface area contributed by atoms with Gasteiger partial charge in [-0.05, 0) is 41.5 Å². The van der Waals surface area contributed by atoms with Gasteiger partial charge in [0.15, 0.2) is 0 Å². The van der Waals surface area contributed by atoms with Crippen molar-refractivity contribution in [1.82, 2.24) is 9.88 Å². The first-order valence-corrected chi connectivity index (χ1v) is 10.6. The average Bonchev–Trinajstić information content (AvgIpc) is 2.86. The van der Waals surface area contributed by atoms with Crippen molar-refractivity contribution in [3.63, 3.8) is 0 Å². The smallest absolute Gasteiger partial charge is 0.259 e. The number of aliphatic hydroxyl groups is 1. The topological polar surface area (TPSA) is 101 Å². The van der Waals surface area contributed by atoms with E-state index in [1.54, 1.807) is 53.7 Å². The Labute approximate surface area is 191 Å². The second-order valence-corrected chi connectivity index (χ2v) is 7.64. The Morgan fingerprint density at radius 3 is 2.67 bits per heavy atom. The molecule has 2 heterocycles. The first-order chi connectivity index (χ1) is 16.1. The molecule has 8 nitrogen and oxygen atoms in total. The summed E-state index contributed by atoms with van der Waals surface area (Å²) in [6, 6.07) is 17.3. The molecule has 0 saturated carbocycles. The monoisotopic (exact) mass is 447 g/mol. The van der Waals surface area contributed by atoms with E-state index in [1.807, 2.05) is 24.3 Å². The van der Waals surface area contributed by atoms with Crippen molar-refractivity contribution < 1.29 is 24.2 Å². The Morgan fingerprint density at radius 2 is 1.97 bits per heavy atom. The summed E-state index contributed by atoms with van der Waals surface area (Å²) in [6.07, 6.45) is 2.87. The lowest BCUT2D eigenvalue weighted by Gasteiger charge is -2.40. The number of methoxy groups -OCH3 is 1. The van der Waals surface area contributed by atoms with E-state index >= 15 is 0 Å². The number of aliphatic hydroxyl groups excluding tert-OH is 1. The van der Waals surface area contributed by atoms with Crippen molar-refractivity contribution in [2.75, 3.05) is 25.6 Å². The summed E-state index contributed by atoms with van der Waals surface area (Å²) in [6.45, 7) is 0.0154. The number of benzene rings is 2. The van der Waals surface area contributed by atoms with Crippen LogP contribution in [0, 0.1) is 0 Å². The minimum atomic E-state index is -0.541. The van der Waals surface area contributed by atoms with E-state index in [0.717, 1.165) is 11.1 Å². The molecule has 1 aromatic heterocycles. The van der Waals surface area contributed by atoms with Crippen LogP contribution >= 0.6 is 0 Å². The third-order valence-corrected chi connectivity index (χ3v) is 5.57. The molecule has 4 rings (SSSR count). The van der Waals surface area contributed by atoms with Gasteiger partial charge in [-0.1, -0.05) is 30.3 Å². The molecule has 0 unspecified atom stereocenters. The minimum Gasteiger partial charge on any atom is -0.496 e. The number of anilines is 1. The summed E-state index contributed by atoms with van der Waals surface area (Å²) < 4.78 is 11.0. The van der Waals surface area contributed by atoms with Crippen LogP contribution in [-0.4, -0.2) is 53.2 Å². The number of morpholine rings is 1. The third-order valence-electron chi connectivity index (χ3n) is 5.57. The van der Waals surface area contributed by atoms with E-state index in [2.05, 4.69) is 10.3 Å². The van der Waals surface area contributed by atoms with Crippen molar-refractivity contribution in [2.24, 2.45) is 0 Å². The van der Waals surface area contributed by atoms with Gasteiger partial charge in [-0.15, -0.1) is 0 Å². The summed E-state index contributed by atoms with van der Waals surface area (Å²) in [7, 11) is 1.52. The number of carbonyl (C=O) groups excluding carboxylic acids is 2. The SMILES string of the molecule is COc1ccccc1C(=O)Nc1ccc([C@H]2OCC(=O)N(Cc3cccnc3)[C@@H]2CO)cc1. The summed E-state index contributed by atoms with van der Waals surface area (Å²) in [5.41, 5.74) is 2.71. The lowest BCUT2D eigenvalue weighted by molar-refractivity contribution is -0.162. The normalized spacial score (nSPS) is 18.1. The van der Waals surface area contributed by atoms with Crippen molar-refractivity contribution in [2.45, 2.75) is 18.7 Å². The number of aromatic nitrogens is 1. The van der Waals surface area contributed by atoms with Crippen LogP contribution in [-0.2, 0) is 16.1 Å². The highest BCUT2D eigenvalue weighted by Gasteiger charge is 2.37. The largest absolute Gasteiger partial charge is 0.496 e. The fourth-order valence-corrected chi connectivity index (χ4v) is 3.90. The molecule has 1 aliphatic heterocycles. The molecule has 2 N–H and O–H groups in total. The van der Waals surface area contributed by atoms with Crippen LogP contribution in [0.2, 0.25) is 0 Å². The van der Waals surface area contributed by atoms with Gasteiger partial charge in [0, 0.05) is 24.6 Å². The maximum atomic E-state index is 12.6. The lowest BCUT2D eigenvalue weighted by Crippen LogP contribution is -2.52. The maximum absolute atomic E-state index is 12.6. The summed E-state index contributed by atoms with van der Waals surface area (Å²) in [5, 5.41) is 12.9. The standard InChI is InChI=1S/C25H25N3O5/c1-32-22-7-3-2-6-20(22)25(31)27-19-10-8-18(9-11-19)24-21(15-29)28(23(30)16-33-24)14-17-5-4-12-26-13-17/h2-13,21,24,29H,14-16H2,1H3,(H,27,31)/t21-,24-/m1/s1. The molecule has 1 saturated heterocycles. The molecule has 33 heavy (non-hydrogen) atoms. The molecule has 0 spiro atoms. The van der Waals surface area contributed by atoms with Gasteiger partial charge in [0.25, 0.3) is 5.91 Å². The minimum absolute atomic E-state index is 0.0757. The van der Waals surface area contributed by atoms with Crippen molar-refractivity contribution in [3.8, 4) is 5.75 Å². The third kappa shape index (κ3) is 5.02. The van der Waals surface area contributed by atoms with Gasteiger partial charge in [-0.2, -0.15) is 0 Å². The molecule has 8 heteroatoms. The fraction of sp³-hybridized carbons (Fsp3) is 0.240. The van der Waals surface area contributed by atoms with Gasteiger partial charge in [0.2, 0.25) is 5.91 Å². The number of para-hydroxylation sites is 1. The number of hydrogen-bond donors (Lipinski definition) is 2. The molecule has 2 amide bonds. The van der Waals surface area contributed by atoms with Gasteiger partial charge >= 0.3 is 0 Å². The highest BCUT2D eigenvalue weighted by atomic mass is 16.5. The maximum Gasteiger partial charge on any atom is 0.259 e. The highest BCUT2D eigenvalue weighted by Crippen LogP contribution is 2.31. The van der Waals surface area contributed by atoms with Crippen LogP contribution in [0.25, 0.3) is 0 Å². The Kier molecular flexibility index (Phi) is 6.97. The molecule has 170 valence electrons. The number of nitrogens with one attached hydrogen (secondary N) is 1. The van der Waals surface area contributed by atoms with Crippen LogP contribution in [0.3, 0.4) is 0 Å². The Hall–Kier alpha value is -3.75. The van der Waals surface area contributed by atoms with Gasteiger partial charge in [0.05, 0.1) is 25.3 Å². The Balaban J connectivity index is 1.49. The number of carbonyl (C=O) groups is 2. The number of nitrogens with zero attached hydrogens (tertiary/aromatic N) is 2. The molecule has 1 aliphatic rings. The summed E-state index contributed by atoms with van der Waals surface area (Å²) >= 11 is 0. The van der Waals surface area contributed by atoms with E-state index < -0.39 is 12.1 Å². The highest BCUT2D eigenvalue weighted by molar-refractivity contribution is 6.06. The first-order valence-electron chi connectivity index (χ1n) is 10.6. The van der Waals surface area contributed by atoms with Crippen molar-refractivity contribution in [1.29, 1.82) is 0 Å². The molecule has 0 aliphatic carbocycles. The number of ether oxygens (including phenoxy) is 2. The molecule has 3 aromatic rings. The zero-order chi connectivity index (χ0) is 23.2. The molecular weight excluding hydrogens is 422 g/mol. The fourth-order valence-electron chi connectivity index (χ4n) is 3.90. The van der Waals surface area contributed by atoms with Crippen LogP contribution in [0.15, 0.2) is 73.1 Å². The van der Waals surface area contributed by atoms with Crippen LogP contribution < -0.4 is 10.1 Å².